The lowest BCUT2D eigenvalue weighted by Crippen LogP contribution is -2.46. The van der Waals surface area contributed by atoms with Crippen LogP contribution in [0.3, 0.4) is 0 Å². The van der Waals surface area contributed by atoms with E-state index in [1.165, 1.54) is 13.2 Å². The van der Waals surface area contributed by atoms with Crippen LogP contribution in [0.15, 0.2) is 29.3 Å². The Bertz CT molecular complexity index is 540. The van der Waals surface area contributed by atoms with Gasteiger partial charge in [0.05, 0.1) is 13.0 Å². The number of nitrogens with zero attached hydrogens (tertiary/aromatic N) is 2. The zero-order chi connectivity index (χ0) is 15.9. The molecular formula is C16H22FN3O2. The molecule has 0 amide bonds. The van der Waals surface area contributed by atoms with E-state index in [4.69, 9.17) is 4.74 Å². The molecule has 1 aromatic carbocycles. The molecule has 0 radical (unpaired) electrons. The number of halogens is 1. The van der Waals surface area contributed by atoms with Gasteiger partial charge in [0, 0.05) is 32.2 Å². The second-order valence-electron chi connectivity index (χ2n) is 5.28. The summed E-state index contributed by atoms with van der Waals surface area (Å²) in [5, 5.41) is 3.17. The lowest BCUT2D eigenvalue weighted by atomic mass is 9.97. The van der Waals surface area contributed by atoms with E-state index in [9.17, 15) is 9.18 Å². The van der Waals surface area contributed by atoms with Gasteiger partial charge in [-0.2, -0.15) is 0 Å². The molecular weight excluding hydrogens is 285 g/mol. The number of likely N-dealkylation sites (tertiary alicyclic amines) is 1. The normalized spacial score (nSPS) is 16.5. The Morgan fingerprint density at radius 1 is 1.41 bits per heavy atom. The van der Waals surface area contributed by atoms with E-state index in [0.717, 1.165) is 31.9 Å². The van der Waals surface area contributed by atoms with Crippen molar-refractivity contribution in [3.05, 3.63) is 35.6 Å². The highest BCUT2D eigenvalue weighted by molar-refractivity contribution is 5.80. The molecule has 120 valence electrons. The maximum atomic E-state index is 13.6. The van der Waals surface area contributed by atoms with Crippen molar-refractivity contribution >= 4 is 11.9 Å². The van der Waals surface area contributed by atoms with Gasteiger partial charge in [0.15, 0.2) is 5.96 Å². The van der Waals surface area contributed by atoms with Gasteiger partial charge in [0.25, 0.3) is 0 Å². The number of methoxy groups -OCH3 is 1. The van der Waals surface area contributed by atoms with Gasteiger partial charge < -0.3 is 15.0 Å². The number of carbonyl (C=O) groups is 1. The Morgan fingerprint density at radius 3 is 2.68 bits per heavy atom. The Hall–Kier alpha value is -2.11. The predicted octanol–water partition coefficient (Wildman–Crippen LogP) is 1.79. The van der Waals surface area contributed by atoms with Gasteiger partial charge in [-0.3, -0.25) is 9.79 Å². The molecule has 0 aromatic heterocycles. The molecule has 0 unspecified atom stereocenters. The largest absolute Gasteiger partial charge is 0.469 e. The molecule has 6 heteroatoms. The molecule has 0 saturated carbocycles. The first-order valence-electron chi connectivity index (χ1n) is 7.42. The minimum atomic E-state index is -0.227. The highest BCUT2D eigenvalue weighted by Gasteiger charge is 2.26. The molecule has 1 heterocycles. The van der Waals surface area contributed by atoms with Gasteiger partial charge in [-0.1, -0.05) is 18.2 Å². The number of guanidine groups is 1. The zero-order valence-electron chi connectivity index (χ0n) is 13.0. The number of hydrogen-bond acceptors (Lipinski definition) is 3. The van der Waals surface area contributed by atoms with E-state index < -0.39 is 0 Å². The van der Waals surface area contributed by atoms with Crippen LogP contribution < -0.4 is 5.32 Å². The number of aliphatic imine (C=N–C) groups is 1. The summed E-state index contributed by atoms with van der Waals surface area (Å²) in [4.78, 5) is 17.9. The molecule has 2 rings (SSSR count). The number of rotatable bonds is 3. The lowest BCUT2D eigenvalue weighted by molar-refractivity contribution is -0.146. The van der Waals surface area contributed by atoms with Crippen LogP contribution in [0.1, 0.15) is 18.4 Å². The summed E-state index contributed by atoms with van der Waals surface area (Å²) in [6, 6.07) is 6.68. The summed E-state index contributed by atoms with van der Waals surface area (Å²) in [7, 11) is 3.12. The number of hydrogen-bond donors (Lipinski definition) is 1. The number of piperidine rings is 1. The van der Waals surface area contributed by atoms with E-state index in [-0.39, 0.29) is 17.7 Å². The average Bonchev–Trinajstić information content (AvgIpc) is 2.56. The molecule has 1 aliphatic heterocycles. The summed E-state index contributed by atoms with van der Waals surface area (Å²) in [5.74, 6) is 0.321. The van der Waals surface area contributed by atoms with Crippen molar-refractivity contribution in [1.82, 2.24) is 10.2 Å². The molecule has 22 heavy (non-hydrogen) atoms. The number of ether oxygens (including phenoxy) is 1. The third kappa shape index (κ3) is 3.96. The van der Waals surface area contributed by atoms with E-state index >= 15 is 0 Å². The Balaban J connectivity index is 1.88. The fraction of sp³-hybridized carbons (Fsp3) is 0.500. The summed E-state index contributed by atoms with van der Waals surface area (Å²) >= 11 is 0. The first kappa shape index (κ1) is 16.3. The summed E-state index contributed by atoms with van der Waals surface area (Å²) in [6.45, 7) is 1.85. The maximum Gasteiger partial charge on any atom is 0.308 e. The molecule has 0 bridgehead atoms. The van der Waals surface area contributed by atoms with Gasteiger partial charge in [0.1, 0.15) is 5.82 Å². The van der Waals surface area contributed by atoms with E-state index in [0.29, 0.717) is 12.1 Å². The second-order valence-corrected chi connectivity index (χ2v) is 5.28. The van der Waals surface area contributed by atoms with Gasteiger partial charge >= 0.3 is 5.97 Å². The fourth-order valence-electron chi connectivity index (χ4n) is 2.64. The van der Waals surface area contributed by atoms with Crippen molar-refractivity contribution in [2.24, 2.45) is 10.9 Å². The molecule has 0 spiro atoms. The second kappa shape index (κ2) is 7.77. The van der Waals surface area contributed by atoms with E-state index in [1.807, 2.05) is 6.07 Å². The predicted molar refractivity (Wildman–Crippen MR) is 82.9 cm³/mol. The van der Waals surface area contributed by atoms with Crippen molar-refractivity contribution in [3.8, 4) is 0 Å². The highest BCUT2D eigenvalue weighted by atomic mass is 19.1. The van der Waals surface area contributed by atoms with Crippen LogP contribution in [0, 0.1) is 11.7 Å². The minimum absolute atomic E-state index is 0.0362. The molecule has 1 aliphatic rings. The first-order chi connectivity index (χ1) is 10.7. The van der Waals surface area contributed by atoms with Crippen molar-refractivity contribution in [3.63, 3.8) is 0 Å². The van der Waals surface area contributed by atoms with Crippen molar-refractivity contribution < 1.29 is 13.9 Å². The number of esters is 1. The molecule has 0 atom stereocenters. The van der Waals surface area contributed by atoms with E-state index in [1.54, 1.807) is 19.2 Å². The Kier molecular flexibility index (Phi) is 5.75. The van der Waals surface area contributed by atoms with Crippen molar-refractivity contribution in [2.75, 3.05) is 27.2 Å². The summed E-state index contributed by atoms with van der Waals surface area (Å²) in [5.41, 5.74) is 0.605. The maximum absolute atomic E-state index is 13.6. The zero-order valence-corrected chi connectivity index (χ0v) is 13.0. The summed E-state index contributed by atoms with van der Waals surface area (Å²) < 4.78 is 18.4. The van der Waals surface area contributed by atoms with Crippen LogP contribution in [-0.2, 0) is 16.1 Å². The standard InChI is InChI=1S/C16H22FN3O2/c1-18-16(19-11-13-5-3-4-6-14(13)17)20-9-7-12(8-10-20)15(21)22-2/h3-6,12H,7-11H2,1-2H3,(H,18,19). The van der Waals surface area contributed by atoms with Crippen LogP contribution in [0.4, 0.5) is 4.39 Å². The molecule has 1 N–H and O–H groups in total. The molecule has 5 nitrogen and oxygen atoms in total. The highest BCUT2D eigenvalue weighted by Crippen LogP contribution is 2.18. The van der Waals surface area contributed by atoms with Crippen molar-refractivity contribution in [1.29, 1.82) is 0 Å². The van der Waals surface area contributed by atoms with E-state index in [2.05, 4.69) is 15.2 Å². The van der Waals surface area contributed by atoms with Gasteiger partial charge in [-0.05, 0) is 18.9 Å². The molecule has 1 aromatic rings. The topological polar surface area (TPSA) is 53.9 Å². The monoisotopic (exact) mass is 307 g/mol. The number of carbonyl (C=O) groups excluding carboxylic acids is 1. The number of nitrogens with one attached hydrogen (secondary N) is 1. The smallest absolute Gasteiger partial charge is 0.308 e. The summed E-state index contributed by atoms with van der Waals surface area (Å²) in [6.07, 6.45) is 1.49. The minimum Gasteiger partial charge on any atom is -0.469 e. The van der Waals surface area contributed by atoms with Crippen LogP contribution >= 0.6 is 0 Å². The first-order valence-corrected chi connectivity index (χ1v) is 7.42. The van der Waals surface area contributed by atoms with Gasteiger partial charge in [-0.15, -0.1) is 0 Å². The van der Waals surface area contributed by atoms with Gasteiger partial charge in [0.2, 0.25) is 0 Å². The average molecular weight is 307 g/mol. The van der Waals surface area contributed by atoms with Crippen LogP contribution in [0.5, 0.6) is 0 Å². The van der Waals surface area contributed by atoms with Crippen LogP contribution in [-0.4, -0.2) is 44.1 Å². The fourth-order valence-corrected chi connectivity index (χ4v) is 2.64. The quantitative estimate of drug-likeness (QED) is 0.525. The Morgan fingerprint density at radius 2 is 2.09 bits per heavy atom. The SMILES string of the molecule is CN=C(NCc1ccccc1F)N1CCC(C(=O)OC)CC1. The lowest BCUT2D eigenvalue weighted by Gasteiger charge is -2.33. The van der Waals surface area contributed by atoms with Gasteiger partial charge in [-0.25, -0.2) is 4.39 Å². The Labute approximate surface area is 130 Å². The van der Waals surface area contributed by atoms with Crippen LogP contribution in [0.25, 0.3) is 0 Å². The third-order valence-corrected chi connectivity index (χ3v) is 3.94. The van der Waals surface area contributed by atoms with Crippen molar-refractivity contribution in [2.45, 2.75) is 19.4 Å². The third-order valence-electron chi connectivity index (χ3n) is 3.94. The molecule has 0 aliphatic carbocycles. The molecule has 1 fully saturated rings. The number of benzene rings is 1. The van der Waals surface area contributed by atoms with Crippen LogP contribution in [0.2, 0.25) is 0 Å². The molecule has 1 saturated heterocycles.